The van der Waals surface area contributed by atoms with Crippen LogP contribution in [0.2, 0.25) is 0 Å². The number of halogens is 4. The van der Waals surface area contributed by atoms with Gasteiger partial charge in [0, 0.05) is 9.86 Å². The molecule has 2 nitrogen and oxygen atoms in total. The Kier molecular flexibility index (Phi) is 2.94. The normalized spacial score (nSPS) is 18.8. The van der Waals surface area contributed by atoms with Gasteiger partial charge in [-0.15, -0.1) is 11.8 Å². The van der Waals surface area contributed by atoms with E-state index in [2.05, 4.69) is 15.9 Å². The van der Waals surface area contributed by atoms with Crippen LogP contribution in [0.4, 0.5) is 13.2 Å². The van der Waals surface area contributed by atoms with Crippen molar-refractivity contribution in [2.24, 2.45) is 0 Å². The van der Waals surface area contributed by atoms with E-state index in [1.165, 1.54) is 0 Å². The van der Waals surface area contributed by atoms with Crippen molar-refractivity contribution in [3.05, 3.63) is 38.7 Å². The number of thioether (sulfide) groups is 1. The van der Waals surface area contributed by atoms with E-state index in [0.29, 0.717) is 28.3 Å². The maximum Gasteiger partial charge on any atom is 0.401 e. The number of alkyl halides is 3. The lowest BCUT2D eigenvalue weighted by molar-refractivity contribution is -0.127. The molecule has 0 aliphatic carbocycles. The largest absolute Gasteiger partial charge is 0.422 e. The molecular formula is C12H6BrF3O2S. The molecule has 1 aromatic carbocycles. The number of hydrogen-bond donors (Lipinski definition) is 0. The van der Waals surface area contributed by atoms with Crippen LogP contribution in [0.3, 0.4) is 0 Å². The zero-order valence-electron chi connectivity index (χ0n) is 9.25. The lowest BCUT2D eigenvalue weighted by Crippen LogP contribution is -2.24. The second kappa shape index (κ2) is 4.28. The topological polar surface area (TPSA) is 30.2 Å². The van der Waals surface area contributed by atoms with Gasteiger partial charge >= 0.3 is 11.8 Å². The van der Waals surface area contributed by atoms with Gasteiger partial charge in [0.15, 0.2) is 0 Å². The predicted octanol–water partition coefficient (Wildman–Crippen LogP) is 4.13. The van der Waals surface area contributed by atoms with E-state index in [9.17, 15) is 18.0 Å². The molecule has 0 spiro atoms. The highest BCUT2D eigenvalue weighted by molar-refractivity contribution is 9.10. The van der Waals surface area contributed by atoms with Crippen LogP contribution in [-0.2, 0) is 6.42 Å². The fraction of sp³-hybridized carbons (Fsp3) is 0.250. The molecule has 0 saturated carbocycles. The molecule has 1 aromatic heterocycles. The van der Waals surface area contributed by atoms with E-state index in [0.717, 1.165) is 4.47 Å². The molecule has 2 heterocycles. The summed E-state index contributed by atoms with van der Waals surface area (Å²) >= 11 is 3.81. The molecule has 1 atom stereocenters. The second-order valence-electron chi connectivity index (χ2n) is 4.19. The van der Waals surface area contributed by atoms with Gasteiger partial charge in [-0.1, -0.05) is 15.9 Å². The van der Waals surface area contributed by atoms with Crippen molar-refractivity contribution in [1.82, 2.24) is 0 Å². The Labute approximate surface area is 118 Å². The maximum atomic E-state index is 12.8. The molecule has 100 valence electrons. The highest BCUT2D eigenvalue weighted by Crippen LogP contribution is 2.45. The van der Waals surface area contributed by atoms with Crippen molar-refractivity contribution in [1.29, 1.82) is 0 Å². The lowest BCUT2D eigenvalue weighted by atomic mass is 10.1. The van der Waals surface area contributed by atoms with Crippen LogP contribution in [0, 0.1) is 0 Å². The van der Waals surface area contributed by atoms with Gasteiger partial charge in [0.05, 0.1) is 4.90 Å². The summed E-state index contributed by atoms with van der Waals surface area (Å²) in [6.07, 6.45) is -4.52. The summed E-state index contributed by atoms with van der Waals surface area (Å²) in [7, 11) is 0. The van der Waals surface area contributed by atoms with Crippen molar-refractivity contribution in [2.75, 3.05) is 0 Å². The summed E-state index contributed by atoms with van der Waals surface area (Å²) in [6.45, 7) is 0. The van der Waals surface area contributed by atoms with Crippen LogP contribution < -0.4 is 5.63 Å². The molecule has 0 amide bonds. The SMILES string of the molecule is O=c1oc2ccc(Br)cc2c2c1S[C@H](C(F)(F)F)C2. The molecule has 19 heavy (non-hydrogen) atoms. The van der Waals surface area contributed by atoms with E-state index in [1.807, 2.05) is 0 Å². The molecule has 2 aromatic rings. The zero-order valence-corrected chi connectivity index (χ0v) is 11.7. The molecule has 1 aliphatic heterocycles. The third-order valence-corrected chi connectivity index (χ3v) is 4.80. The van der Waals surface area contributed by atoms with Crippen molar-refractivity contribution in [3.63, 3.8) is 0 Å². The van der Waals surface area contributed by atoms with Crippen LogP contribution in [0.15, 0.2) is 36.8 Å². The fourth-order valence-corrected chi connectivity index (χ4v) is 3.60. The first-order valence-corrected chi connectivity index (χ1v) is 7.02. The van der Waals surface area contributed by atoms with Crippen molar-refractivity contribution < 1.29 is 17.6 Å². The smallest absolute Gasteiger partial charge is 0.401 e. The zero-order chi connectivity index (χ0) is 13.8. The van der Waals surface area contributed by atoms with Gasteiger partial charge in [-0.3, -0.25) is 0 Å². The first-order valence-electron chi connectivity index (χ1n) is 5.35. The molecule has 1 aliphatic rings. The molecule has 0 radical (unpaired) electrons. The minimum atomic E-state index is -4.32. The van der Waals surface area contributed by atoms with E-state index in [-0.39, 0.29) is 11.3 Å². The molecule has 0 saturated heterocycles. The van der Waals surface area contributed by atoms with Gasteiger partial charge in [-0.25, -0.2) is 4.79 Å². The van der Waals surface area contributed by atoms with E-state index >= 15 is 0 Å². The van der Waals surface area contributed by atoms with Crippen LogP contribution in [-0.4, -0.2) is 11.4 Å². The number of hydrogen-bond acceptors (Lipinski definition) is 3. The Morgan fingerprint density at radius 1 is 1.37 bits per heavy atom. The number of fused-ring (bicyclic) bond motifs is 3. The average molecular weight is 351 g/mol. The minimum absolute atomic E-state index is 0.0768. The van der Waals surface area contributed by atoms with Gasteiger partial charge in [0.2, 0.25) is 0 Å². The van der Waals surface area contributed by atoms with Gasteiger partial charge in [0.25, 0.3) is 0 Å². The van der Waals surface area contributed by atoms with Crippen LogP contribution in [0.5, 0.6) is 0 Å². The minimum Gasteiger partial charge on any atom is -0.422 e. The van der Waals surface area contributed by atoms with Gasteiger partial charge in [-0.2, -0.15) is 13.2 Å². The van der Waals surface area contributed by atoms with Crippen molar-refractivity contribution in [3.8, 4) is 0 Å². The Morgan fingerprint density at radius 2 is 2.11 bits per heavy atom. The molecule has 0 N–H and O–H groups in total. The third-order valence-electron chi connectivity index (χ3n) is 2.94. The van der Waals surface area contributed by atoms with E-state index < -0.39 is 17.1 Å². The molecule has 0 bridgehead atoms. The summed E-state index contributed by atoms with van der Waals surface area (Å²) in [5.74, 6) is 0. The van der Waals surface area contributed by atoms with Crippen LogP contribution in [0.1, 0.15) is 5.56 Å². The molecule has 3 rings (SSSR count). The molecule has 0 fully saturated rings. The second-order valence-corrected chi connectivity index (χ2v) is 6.32. The lowest BCUT2D eigenvalue weighted by Gasteiger charge is -2.11. The third kappa shape index (κ3) is 2.18. The molecule has 0 unspecified atom stereocenters. The highest BCUT2D eigenvalue weighted by Gasteiger charge is 2.45. The Bertz CT molecular complexity index is 723. The van der Waals surface area contributed by atoms with E-state index in [1.54, 1.807) is 18.2 Å². The molecular weight excluding hydrogens is 345 g/mol. The standard InChI is InChI=1S/C12H6BrF3O2S/c13-5-1-2-8-6(3-5)7-4-9(12(14,15)16)19-10(7)11(17)18-8/h1-3,9H,4H2/t9-/m0/s1. The fourth-order valence-electron chi connectivity index (χ4n) is 2.09. The quantitative estimate of drug-likeness (QED) is 0.669. The summed E-state index contributed by atoms with van der Waals surface area (Å²) in [4.78, 5) is 11.8. The average Bonchev–Trinajstić information content (AvgIpc) is 2.76. The van der Waals surface area contributed by atoms with Gasteiger partial charge < -0.3 is 4.42 Å². The first kappa shape index (κ1) is 13.1. The summed E-state index contributed by atoms with van der Waals surface area (Å²) in [5.41, 5.74) is 0.0526. The van der Waals surface area contributed by atoms with Crippen LogP contribution >= 0.6 is 27.7 Å². The Hall–Kier alpha value is -0.950. The predicted molar refractivity (Wildman–Crippen MR) is 69.6 cm³/mol. The summed E-state index contributed by atoms with van der Waals surface area (Å²) in [5, 5.41) is -1.02. The Balaban J connectivity index is 2.23. The first-order chi connectivity index (χ1) is 8.86. The van der Waals surface area contributed by atoms with Crippen LogP contribution in [0.25, 0.3) is 11.0 Å². The van der Waals surface area contributed by atoms with E-state index in [4.69, 9.17) is 4.42 Å². The maximum absolute atomic E-state index is 12.8. The van der Waals surface area contributed by atoms with Crippen molar-refractivity contribution >= 4 is 38.7 Å². The monoisotopic (exact) mass is 350 g/mol. The number of rotatable bonds is 0. The van der Waals surface area contributed by atoms with Crippen molar-refractivity contribution in [2.45, 2.75) is 22.7 Å². The summed E-state index contributed by atoms with van der Waals surface area (Å²) < 4.78 is 44.1. The number of benzene rings is 1. The molecule has 7 heteroatoms. The van der Waals surface area contributed by atoms with Gasteiger partial charge in [0.1, 0.15) is 10.8 Å². The Morgan fingerprint density at radius 3 is 2.79 bits per heavy atom. The van der Waals surface area contributed by atoms with Gasteiger partial charge in [-0.05, 0) is 30.2 Å². The summed E-state index contributed by atoms with van der Waals surface area (Å²) in [6, 6.07) is 4.93. The highest BCUT2D eigenvalue weighted by atomic mass is 79.9.